The summed E-state index contributed by atoms with van der Waals surface area (Å²) in [6.45, 7) is 0.762. The minimum absolute atomic E-state index is 0.377. The van der Waals surface area contributed by atoms with Crippen LogP contribution in [0.1, 0.15) is 12.2 Å². The van der Waals surface area contributed by atoms with E-state index < -0.39 is 5.97 Å². The van der Waals surface area contributed by atoms with E-state index in [4.69, 9.17) is 9.52 Å². The van der Waals surface area contributed by atoms with E-state index in [1.807, 2.05) is 12.1 Å². The van der Waals surface area contributed by atoms with E-state index in [9.17, 15) is 4.79 Å². The van der Waals surface area contributed by atoms with Crippen LogP contribution in [0.25, 0.3) is 0 Å². The summed E-state index contributed by atoms with van der Waals surface area (Å²) in [5.74, 6) is 0.553. The maximum atomic E-state index is 10.7. The molecule has 14 heavy (non-hydrogen) atoms. The lowest BCUT2D eigenvalue weighted by molar-refractivity contribution is -0.139. The topological polar surface area (TPSA) is 62.5 Å². The maximum Gasteiger partial charge on any atom is 0.320 e. The first-order valence-corrected chi connectivity index (χ1v) is 4.74. The zero-order chi connectivity index (χ0) is 9.97. The van der Waals surface area contributed by atoms with E-state index in [-0.39, 0.29) is 6.04 Å². The molecule has 76 valence electrons. The molecule has 4 nitrogen and oxygen atoms in total. The van der Waals surface area contributed by atoms with Crippen molar-refractivity contribution in [2.75, 3.05) is 6.54 Å². The molecule has 2 atom stereocenters. The standard InChI is InChI=1S/C10H13NO3/c12-10(13)9-5-7(6-11-9)4-8-2-1-3-14-8/h1-3,7,9,11H,4-6H2,(H,12,13)/t7?,9-/m0/s1. The lowest BCUT2D eigenvalue weighted by atomic mass is 10.0. The Labute approximate surface area is 81.9 Å². The van der Waals surface area contributed by atoms with E-state index in [2.05, 4.69) is 5.32 Å². The zero-order valence-corrected chi connectivity index (χ0v) is 7.77. The van der Waals surface area contributed by atoms with Crippen molar-refractivity contribution in [1.29, 1.82) is 0 Å². The van der Waals surface area contributed by atoms with Crippen molar-refractivity contribution in [1.82, 2.24) is 5.32 Å². The summed E-state index contributed by atoms with van der Waals surface area (Å²) >= 11 is 0. The van der Waals surface area contributed by atoms with Crippen LogP contribution in [-0.4, -0.2) is 23.7 Å². The van der Waals surface area contributed by atoms with Gasteiger partial charge < -0.3 is 14.8 Å². The third-order valence-electron chi connectivity index (χ3n) is 2.59. The molecule has 1 unspecified atom stereocenters. The van der Waals surface area contributed by atoms with Gasteiger partial charge in [-0.3, -0.25) is 4.79 Å². The minimum Gasteiger partial charge on any atom is -0.480 e. The molecule has 1 saturated heterocycles. The molecule has 0 aromatic carbocycles. The monoisotopic (exact) mass is 195 g/mol. The van der Waals surface area contributed by atoms with Crippen LogP contribution in [0.3, 0.4) is 0 Å². The molecule has 0 amide bonds. The van der Waals surface area contributed by atoms with Gasteiger partial charge in [-0.05, 0) is 31.0 Å². The average molecular weight is 195 g/mol. The van der Waals surface area contributed by atoms with Gasteiger partial charge in [0.15, 0.2) is 0 Å². The van der Waals surface area contributed by atoms with Crippen LogP contribution < -0.4 is 5.32 Å². The molecular weight excluding hydrogens is 182 g/mol. The van der Waals surface area contributed by atoms with Crippen molar-refractivity contribution in [3.63, 3.8) is 0 Å². The Balaban J connectivity index is 1.87. The largest absolute Gasteiger partial charge is 0.480 e. The van der Waals surface area contributed by atoms with Gasteiger partial charge in [0.2, 0.25) is 0 Å². The number of carboxylic acids is 1. The quantitative estimate of drug-likeness (QED) is 0.751. The van der Waals surface area contributed by atoms with Gasteiger partial charge in [-0.1, -0.05) is 0 Å². The number of hydrogen-bond donors (Lipinski definition) is 2. The Morgan fingerprint density at radius 2 is 2.57 bits per heavy atom. The van der Waals surface area contributed by atoms with E-state index in [0.29, 0.717) is 12.3 Å². The third-order valence-corrected chi connectivity index (χ3v) is 2.59. The molecule has 0 aliphatic carbocycles. The highest BCUT2D eigenvalue weighted by Crippen LogP contribution is 2.19. The van der Waals surface area contributed by atoms with Crippen molar-refractivity contribution < 1.29 is 14.3 Å². The summed E-state index contributed by atoms with van der Waals surface area (Å²) in [4.78, 5) is 10.7. The molecule has 2 rings (SSSR count). The SMILES string of the molecule is O=C(O)[C@@H]1CC(Cc2ccco2)CN1. The van der Waals surface area contributed by atoms with Crippen molar-refractivity contribution in [2.24, 2.45) is 5.92 Å². The third kappa shape index (κ3) is 1.96. The predicted molar refractivity (Wildman–Crippen MR) is 49.9 cm³/mol. The summed E-state index contributed by atoms with van der Waals surface area (Å²) in [6.07, 6.45) is 3.16. The maximum absolute atomic E-state index is 10.7. The molecule has 0 saturated carbocycles. The number of carboxylic acid groups (broad SMARTS) is 1. The van der Waals surface area contributed by atoms with Crippen molar-refractivity contribution in [3.8, 4) is 0 Å². The molecule has 0 radical (unpaired) electrons. The van der Waals surface area contributed by atoms with Gasteiger partial charge in [0, 0.05) is 6.42 Å². The summed E-state index contributed by atoms with van der Waals surface area (Å²) in [7, 11) is 0. The molecule has 0 bridgehead atoms. The first-order chi connectivity index (χ1) is 6.75. The highest BCUT2D eigenvalue weighted by Gasteiger charge is 2.29. The van der Waals surface area contributed by atoms with E-state index in [1.54, 1.807) is 6.26 Å². The van der Waals surface area contributed by atoms with Gasteiger partial charge in [0.25, 0.3) is 0 Å². The van der Waals surface area contributed by atoms with Crippen molar-refractivity contribution >= 4 is 5.97 Å². The van der Waals surface area contributed by atoms with Crippen LogP contribution >= 0.6 is 0 Å². The number of rotatable bonds is 3. The van der Waals surface area contributed by atoms with E-state index in [0.717, 1.165) is 18.7 Å². The highest BCUT2D eigenvalue weighted by molar-refractivity contribution is 5.73. The van der Waals surface area contributed by atoms with Gasteiger partial charge in [0.05, 0.1) is 6.26 Å². The second kappa shape index (κ2) is 3.84. The number of hydrogen-bond acceptors (Lipinski definition) is 3. The first-order valence-electron chi connectivity index (χ1n) is 4.74. The van der Waals surface area contributed by atoms with Gasteiger partial charge >= 0.3 is 5.97 Å². The molecule has 1 aliphatic rings. The van der Waals surface area contributed by atoms with Gasteiger partial charge in [-0.25, -0.2) is 0 Å². The second-order valence-electron chi connectivity index (χ2n) is 3.68. The fourth-order valence-electron chi connectivity index (χ4n) is 1.87. The Hall–Kier alpha value is -1.29. The summed E-state index contributed by atoms with van der Waals surface area (Å²) < 4.78 is 5.22. The normalized spacial score (nSPS) is 26.6. The minimum atomic E-state index is -0.757. The molecule has 2 N–H and O–H groups in total. The average Bonchev–Trinajstić information content (AvgIpc) is 2.75. The fourth-order valence-corrected chi connectivity index (χ4v) is 1.87. The number of carbonyl (C=O) groups is 1. The van der Waals surface area contributed by atoms with Crippen molar-refractivity contribution in [3.05, 3.63) is 24.2 Å². The number of furan rings is 1. The molecule has 1 aliphatic heterocycles. The van der Waals surface area contributed by atoms with Crippen LogP contribution in [0, 0.1) is 5.92 Å². The smallest absolute Gasteiger partial charge is 0.320 e. The Morgan fingerprint density at radius 3 is 3.14 bits per heavy atom. The molecule has 1 fully saturated rings. The molecule has 2 heterocycles. The lowest BCUT2D eigenvalue weighted by Gasteiger charge is -2.04. The highest BCUT2D eigenvalue weighted by atomic mass is 16.4. The summed E-state index contributed by atoms with van der Waals surface area (Å²) in [5.41, 5.74) is 0. The van der Waals surface area contributed by atoms with Gasteiger partial charge in [-0.2, -0.15) is 0 Å². The predicted octanol–water partition coefficient (Wildman–Crippen LogP) is 0.885. The summed E-state index contributed by atoms with van der Waals surface area (Å²) in [5, 5.41) is 11.7. The Morgan fingerprint density at radius 1 is 1.71 bits per heavy atom. The van der Waals surface area contributed by atoms with Crippen molar-refractivity contribution in [2.45, 2.75) is 18.9 Å². The second-order valence-corrected chi connectivity index (χ2v) is 3.68. The number of nitrogens with one attached hydrogen (secondary N) is 1. The van der Waals surface area contributed by atoms with Crippen LogP contribution in [0.4, 0.5) is 0 Å². The summed E-state index contributed by atoms with van der Waals surface area (Å²) in [6, 6.07) is 3.40. The van der Waals surface area contributed by atoms with Crippen LogP contribution in [0.2, 0.25) is 0 Å². The van der Waals surface area contributed by atoms with E-state index >= 15 is 0 Å². The van der Waals surface area contributed by atoms with Crippen LogP contribution in [0.15, 0.2) is 22.8 Å². The molecule has 1 aromatic heterocycles. The molecule has 0 spiro atoms. The van der Waals surface area contributed by atoms with Crippen LogP contribution in [-0.2, 0) is 11.2 Å². The molecule has 4 heteroatoms. The first kappa shape index (κ1) is 9.27. The zero-order valence-electron chi connectivity index (χ0n) is 7.77. The Bertz CT molecular complexity index is 307. The molecule has 1 aromatic rings. The number of aliphatic carboxylic acids is 1. The lowest BCUT2D eigenvalue weighted by Crippen LogP contribution is -2.29. The van der Waals surface area contributed by atoms with E-state index in [1.165, 1.54) is 0 Å². The fraction of sp³-hybridized carbons (Fsp3) is 0.500. The van der Waals surface area contributed by atoms with Gasteiger partial charge in [-0.15, -0.1) is 0 Å². The Kier molecular flexibility index (Phi) is 2.54. The molecular formula is C10H13NO3. The van der Waals surface area contributed by atoms with Crippen LogP contribution in [0.5, 0.6) is 0 Å². The van der Waals surface area contributed by atoms with Gasteiger partial charge in [0.1, 0.15) is 11.8 Å².